The fourth-order valence-corrected chi connectivity index (χ4v) is 3.13. The van der Waals surface area contributed by atoms with Gasteiger partial charge in [-0.05, 0) is 36.6 Å². The standard InChI is InChI=1S/C22H27N3/c1-19-10-11-22(20(2)17-19)18-24-13-15-25(16-14-24)23-12-6-9-21-7-4-3-5-8-21/h3-12,17H,13-16,18H2,1-2H3/b9-6+,23-12-. The van der Waals surface area contributed by atoms with Crippen LogP contribution < -0.4 is 0 Å². The minimum atomic E-state index is 0.987. The van der Waals surface area contributed by atoms with Crippen LogP contribution >= 0.6 is 0 Å². The zero-order valence-corrected chi connectivity index (χ0v) is 15.2. The molecule has 0 radical (unpaired) electrons. The second-order valence-corrected chi connectivity index (χ2v) is 6.69. The molecule has 0 bridgehead atoms. The molecule has 3 heteroatoms. The van der Waals surface area contributed by atoms with Gasteiger partial charge in [0.2, 0.25) is 0 Å². The van der Waals surface area contributed by atoms with E-state index in [1.165, 1.54) is 22.3 Å². The quantitative estimate of drug-likeness (QED) is 0.767. The highest BCUT2D eigenvalue weighted by Crippen LogP contribution is 2.14. The minimum absolute atomic E-state index is 0.987. The van der Waals surface area contributed by atoms with Crippen molar-refractivity contribution in [3.63, 3.8) is 0 Å². The van der Waals surface area contributed by atoms with E-state index in [9.17, 15) is 0 Å². The first-order chi connectivity index (χ1) is 12.2. The van der Waals surface area contributed by atoms with Gasteiger partial charge in [-0.15, -0.1) is 0 Å². The Hall–Kier alpha value is -2.39. The third-order valence-electron chi connectivity index (χ3n) is 4.65. The lowest BCUT2D eigenvalue weighted by Gasteiger charge is -2.33. The lowest BCUT2D eigenvalue weighted by Crippen LogP contribution is -2.43. The average molecular weight is 333 g/mol. The molecule has 25 heavy (non-hydrogen) atoms. The lowest BCUT2D eigenvalue weighted by atomic mass is 10.1. The van der Waals surface area contributed by atoms with Gasteiger partial charge in [0.25, 0.3) is 0 Å². The average Bonchev–Trinajstić information content (AvgIpc) is 2.63. The highest BCUT2D eigenvalue weighted by Gasteiger charge is 2.15. The fraction of sp³-hybridized carbons (Fsp3) is 0.318. The van der Waals surface area contributed by atoms with Crippen molar-refractivity contribution < 1.29 is 0 Å². The Labute approximate surface area is 151 Å². The number of hydrazone groups is 1. The minimum Gasteiger partial charge on any atom is -0.295 e. The number of nitrogens with zero attached hydrogens (tertiary/aromatic N) is 3. The number of piperazine rings is 1. The third kappa shape index (κ3) is 5.30. The second kappa shape index (κ2) is 8.63. The summed E-state index contributed by atoms with van der Waals surface area (Å²) in [5.74, 6) is 0. The predicted molar refractivity (Wildman–Crippen MR) is 107 cm³/mol. The number of hydrogen-bond acceptors (Lipinski definition) is 3. The fourth-order valence-electron chi connectivity index (χ4n) is 3.13. The molecular formula is C22H27N3. The maximum absolute atomic E-state index is 4.56. The first kappa shape index (κ1) is 17.4. The molecule has 0 aliphatic carbocycles. The summed E-state index contributed by atoms with van der Waals surface area (Å²) in [5, 5.41) is 6.72. The highest BCUT2D eigenvalue weighted by atomic mass is 15.5. The van der Waals surface area contributed by atoms with Crippen molar-refractivity contribution in [2.75, 3.05) is 26.2 Å². The molecule has 1 aliphatic heterocycles. The van der Waals surface area contributed by atoms with Gasteiger partial charge in [0.15, 0.2) is 0 Å². The summed E-state index contributed by atoms with van der Waals surface area (Å²) in [4.78, 5) is 2.52. The topological polar surface area (TPSA) is 18.8 Å². The maximum Gasteiger partial charge on any atom is 0.0488 e. The van der Waals surface area contributed by atoms with Gasteiger partial charge < -0.3 is 0 Å². The van der Waals surface area contributed by atoms with Gasteiger partial charge >= 0.3 is 0 Å². The summed E-state index contributed by atoms with van der Waals surface area (Å²) >= 11 is 0. The molecule has 0 atom stereocenters. The van der Waals surface area contributed by atoms with Crippen LogP contribution in [0.4, 0.5) is 0 Å². The molecule has 1 fully saturated rings. The van der Waals surface area contributed by atoms with Crippen LogP contribution in [0.25, 0.3) is 6.08 Å². The van der Waals surface area contributed by atoms with Crippen molar-refractivity contribution in [2.24, 2.45) is 5.10 Å². The van der Waals surface area contributed by atoms with Crippen LogP contribution in [0.5, 0.6) is 0 Å². The van der Waals surface area contributed by atoms with Crippen molar-refractivity contribution in [2.45, 2.75) is 20.4 Å². The van der Waals surface area contributed by atoms with E-state index in [0.29, 0.717) is 0 Å². The van der Waals surface area contributed by atoms with E-state index in [4.69, 9.17) is 0 Å². The summed E-state index contributed by atoms with van der Waals surface area (Å²) in [6.07, 6.45) is 5.99. The SMILES string of the molecule is Cc1ccc(CN2CCN(/N=C\C=C\c3ccccc3)CC2)c(C)c1. The molecule has 0 amide bonds. The van der Waals surface area contributed by atoms with Crippen LogP contribution in [0.2, 0.25) is 0 Å². The molecule has 2 aromatic rings. The first-order valence-corrected chi connectivity index (χ1v) is 9.00. The molecule has 2 aromatic carbocycles. The van der Waals surface area contributed by atoms with Crippen LogP contribution in [0.15, 0.2) is 59.7 Å². The number of benzene rings is 2. The first-order valence-electron chi connectivity index (χ1n) is 9.00. The Bertz CT molecular complexity index is 726. The van der Waals surface area contributed by atoms with Crippen LogP contribution in [0.1, 0.15) is 22.3 Å². The van der Waals surface area contributed by atoms with Crippen molar-refractivity contribution in [1.82, 2.24) is 9.91 Å². The lowest BCUT2D eigenvalue weighted by molar-refractivity contribution is 0.131. The van der Waals surface area contributed by atoms with E-state index in [2.05, 4.69) is 65.3 Å². The summed E-state index contributed by atoms with van der Waals surface area (Å²) in [6, 6.07) is 17.1. The summed E-state index contributed by atoms with van der Waals surface area (Å²) in [6.45, 7) is 9.50. The molecule has 3 nitrogen and oxygen atoms in total. The van der Waals surface area contributed by atoms with E-state index < -0.39 is 0 Å². The number of rotatable bonds is 5. The van der Waals surface area contributed by atoms with Gasteiger partial charge in [-0.2, -0.15) is 5.10 Å². The van der Waals surface area contributed by atoms with Crippen LogP contribution in [-0.4, -0.2) is 42.3 Å². The van der Waals surface area contributed by atoms with Gasteiger partial charge in [-0.25, -0.2) is 0 Å². The monoisotopic (exact) mass is 333 g/mol. The van der Waals surface area contributed by atoms with Crippen molar-refractivity contribution in [1.29, 1.82) is 0 Å². The molecule has 1 heterocycles. The normalized spacial score (nSPS) is 16.2. The molecule has 1 aliphatic rings. The zero-order valence-electron chi connectivity index (χ0n) is 15.2. The van der Waals surface area contributed by atoms with Gasteiger partial charge in [0.05, 0.1) is 0 Å². The van der Waals surface area contributed by atoms with Crippen LogP contribution in [0, 0.1) is 13.8 Å². The van der Waals surface area contributed by atoms with Gasteiger partial charge in [-0.1, -0.05) is 60.2 Å². The Kier molecular flexibility index (Phi) is 6.02. The molecule has 0 N–H and O–H groups in total. The molecular weight excluding hydrogens is 306 g/mol. The summed E-state index contributed by atoms with van der Waals surface area (Å²) < 4.78 is 0. The maximum atomic E-state index is 4.56. The van der Waals surface area contributed by atoms with Crippen LogP contribution in [-0.2, 0) is 6.54 Å². The van der Waals surface area contributed by atoms with Crippen LogP contribution in [0.3, 0.4) is 0 Å². The van der Waals surface area contributed by atoms with E-state index in [1.807, 2.05) is 30.5 Å². The Morgan fingerprint density at radius 3 is 2.44 bits per heavy atom. The van der Waals surface area contributed by atoms with Gasteiger partial charge in [0.1, 0.15) is 0 Å². The molecule has 0 unspecified atom stereocenters. The molecule has 0 spiro atoms. The zero-order chi connectivity index (χ0) is 17.5. The number of allylic oxidation sites excluding steroid dienone is 1. The number of hydrogen-bond donors (Lipinski definition) is 0. The van der Waals surface area contributed by atoms with Crippen molar-refractivity contribution in [3.05, 3.63) is 76.9 Å². The Morgan fingerprint density at radius 2 is 1.72 bits per heavy atom. The van der Waals surface area contributed by atoms with Gasteiger partial charge in [0, 0.05) is 38.9 Å². The largest absolute Gasteiger partial charge is 0.295 e. The molecule has 3 rings (SSSR count). The smallest absolute Gasteiger partial charge is 0.0488 e. The molecule has 0 aromatic heterocycles. The van der Waals surface area contributed by atoms with E-state index >= 15 is 0 Å². The molecule has 130 valence electrons. The van der Waals surface area contributed by atoms with Crippen molar-refractivity contribution >= 4 is 12.3 Å². The van der Waals surface area contributed by atoms with E-state index in [1.54, 1.807) is 0 Å². The Balaban J connectivity index is 1.45. The second-order valence-electron chi connectivity index (χ2n) is 6.69. The third-order valence-corrected chi connectivity index (χ3v) is 4.65. The van der Waals surface area contributed by atoms with Gasteiger partial charge in [-0.3, -0.25) is 9.91 Å². The van der Waals surface area contributed by atoms with E-state index in [-0.39, 0.29) is 0 Å². The van der Waals surface area contributed by atoms with E-state index in [0.717, 1.165) is 32.7 Å². The predicted octanol–water partition coefficient (Wildman–Crippen LogP) is 4.12. The summed E-state index contributed by atoms with van der Waals surface area (Å²) in [5.41, 5.74) is 5.37. The highest BCUT2D eigenvalue weighted by molar-refractivity contribution is 5.77. The molecule has 0 saturated carbocycles. The van der Waals surface area contributed by atoms with Crippen molar-refractivity contribution in [3.8, 4) is 0 Å². The summed E-state index contributed by atoms with van der Waals surface area (Å²) in [7, 11) is 0. The Morgan fingerprint density at radius 1 is 0.960 bits per heavy atom. The molecule has 1 saturated heterocycles. The number of aryl methyl sites for hydroxylation is 2.